The lowest BCUT2D eigenvalue weighted by Gasteiger charge is -2.19. The van der Waals surface area contributed by atoms with Crippen molar-refractivity contribution >= 4 is 27.5 Å². The fourth-order valence-electron chi connectivity index (χ4n) is 1.91. The molecule has 0 saturated heterocycles. The Morgan fingerprint density at radius 2 is 1.83 bits per heavy atom. The molecule has 0 amide bonds. The van der Waals surface area contributed by atoms with Gasteiger partial charge in [-0.2, -0.15) is 0 Å². The smallest absolute Gasteiger partial charge is 0.0721 e. The van der Waals surface area contributed by atoms with Crippen LogP contribution < -0.4 is 11.3 Å². The van der Waals surface area contributed by atoms with Crippen LogP contribution in [0.5, 0.6) is 0 Å². The molecule has 2 nitrogen and oxygen atoms in total. The molecule has 0 aliphatic rings. The molecule has 0 fully saturated rings. The summed E-state index contributed by atoms with van der Waals surface area (Å²) in [6.07, 6.45) is 0. The lowest BCUT2D eigenvalue weighted by Crippen LogP contribution is -2.29. The second-order valence-corrected chi connectivity index (χ2v) is 5.47. The van der Waals surface area contributed by atoms with Gasteiger partial charge in [-0.25, -0.2) is 5.43 Å². The molecule has 0 aliphatic carbocycles. The Hall–Kier alpha value is -0.870. The first kappa shape index (κ1) is 13.6. The van der Waals surface area contributed by atoms with Gasteiger partial charge in [0.25, 0.3) is 0 Å². The average molecular weight is 326 g/mol. The van der Waals surface area contributed by atoms with E-state index in [-0.39, 0.29) is 6.04 Å². The standard InChI is InChI=1S/C14H14BrClN2/c1-9-2-7-13(15)12(8-9)14(18-17)10-3-5-11(16)6-4-10/h2-8,14,18H,17H2,1H3. The van der Waals surface area contributed by atoms with E-state index in [1.54, 1.807) is 0 Å². The summed E-state index contributed by atoms with van der Waals surface area (Å²) in [5, 5.41) is 0.720. The lowest BCUT2D eigenvalue weighted by atomic mass is 9.98. The van der Waals surface area contributed by atoms with Crippen LogP contribution in [0.1, 0.15) is 22.7 Å². The van der Waals surface area contributed by atoms with Gasteiger partial charge in [0, 0.05) is 9.50 Å². The largest absolute Gasteiger partial charge is 0.271 e. The predicted octanol–water partition coefficient (Wildman–Crippen LogP) is 3.96. The Balaban J connectivity index is 2.44. The number of hydrazine groups is 1. The second-order valence-electron chi connectivity index (χ2n) is 4.18. The van der Waals surface area contributed by atoms with Crippen molar-refractivity contribution in [2.75, 3.05) is 0 Å². The van der Waals surface area contributed by atoms with Gasteiger partial charge >= 0.3 is 0 Å². The molecule has 0 heterocycles. The molecule has 0 radical (unpaired) electrons. The third-order valence-electron chi connectivity index (χ3n) is 2.83. The molecule has 4 heteroatoms. The van der Waals surface area contributed by atoms with Crippen molar-refractivity contribution in [3.63, 3.8) is 0 Å². The van der Waals surface area contributed by atoms with Crippen LogP contribution >= 0.6 is 27.5 Å². The molecule has 0 spiro atoms. The van der Waals surface area contributed by atoms with Crippen molar-refractivity contribution in [1.29, 1.82) is 0 Å². The summed E-state index contributed by atoms with van der Waals surface area (Å²) in [4.78, 5) is 0. The normalized spacial score (nSPS) is 12.4. The zero-order valence-electron chi connectivity index (χ0n) is 9.95. The highest BCUT2D eigenvalue weighted by Gasteiger charge is 2.15. The van der Waals surface area contributed by atoms with Crippen LogP contribution in [0.25, 0.3) is 0 Å². The molecule has 0 bridgehead atoms. The van der Waals surface area contributed by atoms with Crippen molar-refractivity contribution in [3.05, 3.63) is 68.7 Å². The Labute approximate surface area is 120 Å². The highest BCUT2D eigenvalue weighted by Crippen LogP contribution is 2.29. The van der Waals surface area contributed by atoms with Crippen LogP contribution in [0.4, 0.5) is 0 Å². The zero-order valence-corrected chi connectivity index (χ0v) is 12.3. The van der Waals surface area contributed by atoms with Gasteiger partial charge in [0.2, 0.25) is 0 Å². The molecular formula is C14H14BrClN2. The first-order valence-electron chi connectivity index (χ1n) is 5.59. The Kier molecular flexibility index (Phi) is 4.40. The molecule has 3 N–H and O–H groups in total. The Morgan fingerprint density at radius 3 is 2.44 bits per heavy atom. The number of hydrogen-bond donors (Lipinski definition) is 2. The monoisotopic (exact) mass is 324 g/mol. The van der Waals surface area contributed by atoms with Crippen LogP contribution in [0.2, 0.25) is 5.02 Å². The van der Waals surface area contributed by atoms with Gasteiger partial charge in [0.1, 0.15) is 0 Å². The highest BCUT2D eigenvalue weighted by molar-refractivity contribution is 9.10. The number of halogens is 2. The van der Waals surface area contributed by atoms with Gasteiger partial charge in [0.15, 0.2) is 0 Å². The van der Waals surface area contributed by atoms with Crippen molar-refractivity contribution in [2.24, 2.45) is 5.84 Å². The van der Waals surface area contributed by atoms with E-state index in [4.69, 9.17) is 17.4 Å². The van der Waals surface area contributed by atoms with E-state index in [9.17, 15) is 0 Å². The number of hydrogen-bond acceptors (Lipinski definition) is 2. The first-order valence-corrected chi connectivity index (χ1v) is 6.76. The van der Waals surface area contributed by atoms with Crippen LogP contribution in [0.15, 0.2) is 46.9 Å². The lowest BCUT2D eigenvalue weighted by molar-refractivity contribution is 0.634. The summed E-state index contributed by atoms with van der Waals surface area (Å²) in [6, 6.07) is 13.8. The maximum Gasteiger partial charge on any atom is 0.0721 e. The van der Waals surface area contributed by atoms with E-state index in [0.29, 0.717) is 0 Å². The SMILES string of the molecule is Cc1ccc(Br)c(C(NN)c2ccc(Cl)cc2)c1. The van der Waals surface area contributed by atoms with E-state index in [1.807, 2.05) is 30.3 Å². The second kappa shape index (κ2) is 5.85. The highest BCUT2D eigenvalue weighted by atomic mass is 79.9. The number of benzene rings is 2. The molecule has 2 aromatic rings. The first-order chi connectivity index (χ1) is 8.61. The minimum atomic E-state index is -0.0588. The molecule has 1 atom stereocenters. The molecule has 0 saturated carbocycles. The van der Waals surface area contributed by atoms with Crippen molar-refractivity contribution in [2.45, 2.75) is 13.0 Å². The molecule has 94 valence electrons. The van der Waals surface area contributed by atoms with Crippen LogP contribution in [-0.4, -0.2) is 0 Å². The Morgan fingerprint density at radius 1 is 1.17 bits per heavy atom. The molecule has 2 rings (SSSR count). The van der Waals surface area contributed by atoms with Crippen molar-refractivity contribution < 1.29 is 0 Å². The summed E-state index contributed by atoms with van der Waals surface area (Å²) in [5.74, 6) is 5.69. The fraction of sp³-hybridized carbons (Fsp3) is 0.143. The van der Waals surface area contributed by atoms with E-state index in [1.165, 1.54) is 5.56 Å². The average Bonchev–Trinajstić information content (AvgIpc) is 2.37. The summed E-state index contributed by atoms with van der Waals surface area (Å²) in [7, 11) is 0. The van der Waals surface area contributed by atoms with Gasteiger partial charge in [-0.1, -0.05) is 57.4 Å². The maximum atomic E-state index is 5.90. The van der Waals surface area contributed by atoms with Gasteiger partial charge in [-0.15, -0.1) is 0 Å². The summed E-state index contributed by atoms with van der Waals surface area (Å²) in [5.41, 5.74) is 6.23. The van der Waals surface area contributed by atoms with Gasteiger partial charge in [0.05, 0.1) is 6.04 Å². The van der Waals surface area contributed by atoms with E-state index >= 15 is 0 Å². The van der Waals surface area contributed by atoms with Crippen LogP contribution in [0, 0.1) is 6.92 Å². The minimum Gasteiger partial charge on any atom is -0.271 e. The summed E-state index contributed by atoms with van der Waals surface area (Å²) < 4.78 is 1.03. The van der Waals surface area contributed by atoms with Gasteiger partial charge in [-0.3, -0.25) is 5.84 Å². The van der Waals surface area contributed by atoms with Crippen molar-refractivity contribution in [3.8, 4) is 0 Å². The Bertz CT molecular complexity index is 540. The van der Waals surface area contributed by atoms with Crippen LogP contribution in [0.3, 0.4) is 0 Å². The topological polar surface area (TPSA) is 38.0 Å². The molecule has 0 aliphatic heterocycles. The quantitative estimate of drug-likeness (QED) is 0.662. The van der Waals surface area contributed by atoms with Gasteiger partial charge in [-0.05, 0) is 36.2 Å². The number of rotatable bonds is 3. The predicted molar refractivity (Wildman–Crippen MR) is 79.5 cm³/mol. The van der Waals surface area contributed by atoms with E-state index < -0.39 is 0 Å². The van der Waals surface area contributed by atoms with Crippen LogP contribution in [-0.2, 0) is 0 Å². The number of nitrogens with two attached hydrogens (primary N) is 1. The molecule has 2 aromatic carbocycles. The molecular weight excluding hydrogens is 312 g/mol. The molecule has 0 aromatic heterocycles. The van der Waals surface area contributed by atoms with E-state index in [0.717, 1.165) is 20.6 Å². The molecule has 18 heavy (non-hydrogen) atoms. The summed E-state index contributed by atoms with van der Waals surface area (Å²) >= 11 is 9.46. The minimum absolute atomic E-state index is 0.0588. The number of aryl methyl sites for hydroxylation is 1. The van der Waals surface area contributed by atoms with Crippen molar-refractivity contribution in [1.82, 2.24) is 5.43 Å². The summed E-state index contributed by atoms with van der Waals surface area (Å²) in [6.45, 7) is 2.06. The maximum absolute atomic E-state index is 5.90. The van der Waals surface area contributed by atoms with E-state index in [2.05, 4.69) is 40.4 Å². The molecule has 1 unspecified atom stereocenters. The number of nitrogens with one attached hydrogen (secondary N) is 1. The zero-order chi connectivity index (χ0) is 13.1. The third-order valence-corrected chi connectivity index (χ3v) is 3.81. The third kappa shape index (κ3) is 2.93. The fourth-order valence-corrected chi connectivity index (χ4v) is 2.51. The van der Waals surface area contributed by atoms with Gasteiger partial charge < -0.3 is 0 Å².